The molecule has 4 aromatic rings. The fraction of sp³-hybridized carbons (Fsp3) is 0.267. The highest BCUT2D eigenvalue weighted by Crippen LogP contribution is 2.28. The maximum absolute atomic E-state index is 13.7. The zero-order valence-electron chi connectivity index (χ0n) is 22.3. The average Bonchev–Trinajstić information content (AvgIpc) is 3.34. The summed E-state index contributed by atoms with van der Waals surface area (Å²) in [4.78, 5) is 37.5. The Bertz CT molecular complexity index is 1580. The summed E-state index contributed by atoms with van der Waals surface area (Å²) < 4.78 is 1.58. The molecule has 1 atom stereocenters. The summed E-state index contributed by atoms with van der Waals surface area (Å²) in [7, 11) is 0. The Morgan fingerprint density at radius 3 is 2.46 bits per heavy atom. The molecule has 1 N–H and O–H groups in total. The number of amides is 2. The lowest BCUT2D eigenvalue weighted by atomic mass is 9.95. The second-order valence-electron chi connectivity index (χ2n) is 10.8. The summed E-state index contributed by atoms with van der Waals surface area (Å²) in [5.41, 5.74) is 4.06. The molecule has 0 saturated heterocycles. The van der Waals surface area contributed by atoms with Crippen molar-refractivity contribution in [3.8, 4) is 6.07 Å². The normalized spacial score (nSPS) is 15.0. The summed E-state index contributed by atoms with van der Waals surface area (Å²) >= 11 is 0. The van der Waals surface area contributed by atoms with Crippen LogP contribution in [0.1, 0.15) is 71.1 Å². The SMILES string of the molecule is CC1Cn2ncc(C(=O)Nc3cccc(C#N)c3)c2C(=O)N1c1ccc(Cc2cnc(C(C)(C)C)nc2)cc1. The van der Waals surface area contributed by atoms with Gasteiger partial charge in [-0.1, -0.05) is 39.0 Å². The van der Waals surface area contributed by atoms with Crippen LogP contribution in [0.25, 0.3) is 0 Å². The van der Waals surface area contributed by atoms with Gasteiger partial charge in [-0.15, -0.1) is 0 Å². The molecule has 0 bridgehead atoms. The van der Waals surface area contributed by atoms with E-state index in [-0.39, 0.29) is 28.6 Å². The number of carbonyl (C=O) groups excluding carboxylic acids is 2. The number of nitrogens with one attached hydrogen (secondary N) is 1. The van der Waals surface area contributed by atoms with Gasteiger partial charge in [0.1, 0.15) is 11.5 Å². The fourth-order valence-electron chi connectivity index (χ4n) is 4.64. The van der Waals surface area contributed by atoms with Crippen molar-refractivity contribution in [1.29, 1.82) is 5.26 Å². The first-order valence-corrected chi connectivity index (χ1v) is 12.8. The van der Waals surface area contributed by atoms with E-state index in [4.69, 9.17) is 5.26 Å². The van der Waals surface area contributed by atoms with E-state index in [1.165, 1.54) is 6.20 Å². The second kappa shape index (κ2) is 10.1. The van der Waals surface area contributed by atoms with Crippen molar-refractivity contribution in [2.24, 2.45) is 0 Å². The Hall–Kier alpha value is -4.84. The molecule has 1 aliphatic heterocycles. The van der Waals surface area contributed by atoms with Gasteiger partial charge in [-0.25, -0.2) is 9.97 Å². The molecular formula is C30H29N7O2. The first-order valence-electron chi connectivity index (χ1n) is 12.8. The number of hydrogen-bond acceptors (Lipinski definition) is 6. The predicted octanol–water partition coefficient (Wildman–Crippen LogP) is 4.73. The van der Waals surface area contributed by atoms with E-state index in [0.717, 1.165) is 22.6 Å². The molecule has 39 heavy (non-hydrogen) atoms. The zero-order valence-corrected chi connectivity index (χ0v) is 22.3. The van der Waals surface area contributed by atoms with Gasteiger partial charge in [0, 0.05) is 35.6 Å². The number of fused-ring (bicyclic) bond motifs is 1. The van der Waals surface area contributed by atoms with E-state index < -0.39 is 5.91 Å². The molecule has 9 nitrogen and oxygen atoms in total. The molecule has 3 heterocycles. The highest BCUT2D eigenvalue weighted by Gasteiger charge is 2.35. The minimum Gasteiger partial charge on any atom is -0.322 e. The summed E-state index contributed by atoms with van der Waals surface area (Å²) in [6.07, 6.45) is 5.82. The van der Waals surface area contributed by atoms with Gasteiger partial charge in [-0.05, 0) is 48.4 Å². The van der Waals surface area contributed by atoms with Gasteiger partial charge in [0.2, 0.25) is 0 Å². The van der Waals surface area contributed by atoms with Gasteiger partial charge in [-0.3, -0.25) is 14.3 Å². The molecule has 1 aliphatic rings. The maximum atomic E-state index is 13.7. The highest BCUT2D eigenvalue weighted by molar-refractivity contribution is 6.15. The Balaban J connectivity index is 1.34. The molecule has 196 valence electrons. The molecule has 0 fully saturated rings. The Kier molecular flexibility index (Phi) is 6.71. The zero-order chi connectivity index (χ0) is 27.7. The van der Waals surface area contributed by atoms with Crippen LogP contribution in [0.2, 0.25) is 0 Å². The molecule has 0 spiro atoms. The van der Waals surface area contributed by atoms with Crippen molar-refractivity contribution in [2.75, 3.05) is 10.2 Å². The highest BCUT2D eigenvalue weighted by atomic mass is 16.2. The van der Waals surface area contributed by atoms with Crippen LogP contribution in [-0.4, -0.2) is 37.6 Å². The number of aromatic nitrogens is 4. The maximum Gasteiger partial charge on any atom is 0.277 e. The third-order valence-corrected chi connectivity index (χ3v) is 6.63. The number of anilines is 2. The third-order valence-electron chi connectivity index (χ3n) is 6.63. The minimum absolute atomic E-state index is 0.101. The monoisotopic (exact) mass is 519 g/mol. The number of nitrogens with zero attached hydrogens (tertiary/aromatic N) is 6. The van der Waals surface area contributed by atoms with E-state index in [9.17, 15) is 9.59 Å². The number of hydrogen-bond donors (Lipinski definition) is 1. The molecule has 9 heteroatoms. The molecule has 2 aromatic carbocycles. The van der Waals surface area contributed by atoms with Gasteiger partial charge in [0.25, 0.3) is 11.8 Å². The van der Waals surface area contributed by atoms with Gasteiger partial charge in [0.15, 0.2) is 0 Å². The molecule has 0 aliphatic carbocycles. The molecule has 5 rings (SSSR count). The van der Waals surface area contributed by atoms with E-state index in [1.807, 2.05) is 43.6 Å². The van der Waals surface area contributed by atoms with Crippen LogP contribution >= 0.6 is 0 Å². The van der Waals surface area contributed by atoms with Crippen molar-refractivity contribution in [3.05, 3.63) is 101 Å². The summed E-state index contributed by atoms with van der Waals surface area (Å²) in [5, 5.41) is 16.2. The topological polar surface area (TPSA) is 117 Å². The minimum atomic E-state index is -0.454. The molecule has 1 unspecified atom stereocenters. The Morgan fingerprint density at radius 1 is 1.08 bits per heavy atom. The average molecular weight is 520 g/mol. The number of rotatable bonds is 5. The van der Waals surface area contributed by atoms with Gasteiger partial charge in [0.05, 0.1) is 36.0 Å². The van der Waals surface area contributed by atoms with Crippen molar-refractivity contribution in [3.63, 3.8) is 0 Å². The van der Waals surface area contributed by atoms with Crippen molar-refractivity contribution in [1.82, 2.24) is 19.7 Å². The van der Waals surface area contributed by atoms with Crippen LogP contribution in [0.15, 0.2) is 67.1 Å². The van der Waals surface area contributed by atoms with Gasteiger partial charge >= 0.3 is 0 Å². The van der Waals surface area contributed by atoms with Crippen molar-refractivity contribution < 1.29 is 9.59 Å². The Labute approximate surface area is 227 Å². The van der Waals surface area contributed by atoms with Crippen molar-refractivity contribution >= 4 is 23.2 Å². The van der Waals surface area contributed by atoms with Crippen molar-refractivity contribution in [2.45, 2.75) is 52.1 Å². The first kappa shape index (κ1) is 25.8. The predicted molar refractivity (Wildman–Crippen MR) is 148 cm³/mol. The van der Waals surface area contributed by atoms with Crippen LogP contribution in [0.4, 0.5) is 11.4 Å². The lowest BCUT2D eigenvalue weighted by Crippen LogP contribution is -2.47. The molecule has 0 saturated carbocycles. The van der Waals surface area contributed by atoms with E-state index in [1.54, 1.807) is 33.8 Å². The van der Waals surface area contributed by atoms with Crippen LogP contribution in [-0.2, 0) is 18.4 Å². The standard InChI is InChI=1S/C30H29N7O2/c1-19-18-36-26(25(17-34-36)27(38)35-23-7-5-6-21(13-23)14-31)28(39)37(19)24-10-8-20(9-11-24)12-22-15-32-29(33-16-22)30(2,3)4/h5-11,13,15-17,19H,12,18H2,1-4H3,(H,35,38). The number of nitriles is 1. The largest absolute Gasteiger partial charge is 0.322 e. The van der Waals surface area contributed by atoms with Gasteiger partial charge in [-0.2, -0.15) is 10.4 Å². The number of carbonyl (C=O) groups is 2. The first-order chi connectivity index (χ1) is 18.6. The Morgan fingerprint density at radius 2 is 1.79 bits per heavy atom. The number of benzene rings is 2. The molecular weight excluding hydrogens is 490 g/mol. The second-order valence-corrected chi connectivity index (χ2v) is 10.8. The van der Waals surface area contributed by atoms with Gasteiger partial charge < -0.3 is 10.2 Å². The van der Waals surface area contributed by atoms with E-state index >= 15 is 0 Å². The molecule has 2 aromatic heterocycles. The summed E-state index contributed by atoms with van der Waals surface area (Å²) in [6, 6.07) is 16.3. The fourth-order valence-corrected chi connectivity index (χ4v) is 4.64. The molecule has 2 amide bonds. The third kappa shape index (κ3) is 5.27. The van der Waals surface area contributed by atoms with E-state index in [0.29, 0.717) is 24.2 Å². The summed E-state index contributed by atoms with van der Waals surface area (Å²) in [6.45, 7) is 8.66. The van der Waals surface area contributed by atoms with Crippen LogP contribution < -0.4 is 10.2 Å². The quantitative estimate of drug-likeness (QED) is 0.407. The van der Waals surface area contributed by atoms with Crippen LogP contribution in [0, 0.1) is 11.3 Å². The van der Waals surface area contributed by atoms with E-state index in [2.05, 4.69) is 47.2 Å². The van der Waals surface area contributed by atoms with Crippen LogP contribution in [0.5, 0.6) is 0 Å². The van der Waals surface area contributed by atoms with Crippen LogP contribution in [0.3, 0.4) is 0 Å². The summed E-state index contributed by atoms with van der Waals surface area (Å²) in [5.74, 6) is 0.0625. The smallest absolute Gasteiger partial charge is 0.277 e. The lowest BCUT2D eigenvalue weighted by molar-refractivity contribution is 0.0933. The molecule has 0 radical (unpaired) electrons. The lowest BCUT2D eigenvalue weighted by Gasteiger charge is -2.34.